The third-order valence-electron chi connectivity index (χ3n) is 4.86. The third kappa shape index (κ3) is 5.56. The van der Waals surface area contributed by atoms with E-state index in [-0.39, 0.29) is 0 Å². The lowest BCUT2D eigenvalue weighted by atomic mass is 10.3. The van der Waals surface area contributed by atoms with Crippen molar-refractivity contribution in [1.29, 1.82) is 0 Å². The summed E-state index contributed by atoms with van der Waals surface area (Å²) in [5.41, 5.74) is 9.21. The molecule has 4 N–H and O–H groups in total. The predicted molar refractivity (Wildman–Crippen MR) is 145 cm³/mol. The lowest BCUT2D eigenvalue weighted by Gasteiger charge is -2.13. The lowest BCUT2D eigenvalue weighted by Crippen LogP contribution is -2.02. The number of halogens is 1. The predicted octanol–water partition coefficient (Wildman–Crippen LogP) is 7.88. The number of nitrogens with zero attached hydrogens (tertiary/aromatic N) is 2. The molecule has 168 valence electrons. The Balaban J connectivity index is 1.37. The minimum atomic E-state index is 0.649. The van der Waals surface area contributed by atoms with Crippen molar-refractivity contribution in [3.63, 3.8) is 0 Å². The molecule has 34 heavy (non-hydrogen) atoms. The highest BCUT2D eigenvalue weighted by Crippen LogP contribution is 2.32. The van der Waals surface area contributed by atoms with E-state index in [1.54, 1.807) is 11.8 Å². The molecule has 0 saturated carbocycles. The molecule has 0 aliphatic heterocycles. The number of benzene rings is 4. The van der Waals surface area contributed by atoms with E-state index in [1.807, 2.05) is 84.9 Å². The quantitative estimate of drug-likeness (QED) is 0.155. The van der Waals surface area contributed by atoms with E-state index in [1.165, 1.54) is 11.9 Å². The van der Waals surface area contributed by atoms with Crippen LogP contribution in [0, 0.1) is 0 Å². The first-order valence-electron chi connectivity index (χ1n) is 10.5. The molecule has 0 spiro atoms. The number of para-hydroxylation sites is 2. The van der Waals surface area contributed by atoms with Gasteiger partial charge in [-0.15, -0.1) is 0 Å². The fourth-order valence-electron chi connectivity index (χ4n) is 3.23. The van der Waals surface area contributed by atoms with Gasteiger partial charge in [-0.1, -0.05) is 41.6 Å². The maximum atomic E-state index is 6.00. The molecule has 5 aromatic rings. The number of nitrogens with one attached hydrogen (secondary N) is 2. The van der Waals surface area contributed by atoms with Crippen LogP contribution in [0.3, 0.4) is 0 Å². The monoisotopic (exact) mass is 501 g/mol. The summed E-state index contributed by atoms with van der Waals surface area (Å²) in [5.74, 6) is 1.30. The Morgan fingerprint density at radius 2 is 1.35 bits per heavy atom. The molecule has 1 heterocycles. The number of aromatic nitrogens is 2. The minimum absolute atomic E-state index is 0.649. The van der Waals surface area contributed by atoms with Crippen molar-refractivity contribution in [2.24, 2.45) is 0 Å². The highest BCUT2D eigenvalue weighted by atomic mass is 35.5. The van der Waals surface area contributed by atoms with Crippen molar-refractivity contribution in [2.75, 3.05) is 15.8 Å². The van der Waals surface area contributed by atoms with Gasteiger partial charge in [-0.2, -0.15) is 0 Å². The summed E-state index contributed by atoms with van der Waals surface area (Å²) in [6.45, 7) is 0. The Bertz CT molecular complexity index is 1430. The van der Waals surface area contributed by atoms with Gasteiger partial charge < -0.3 is 15.8 Å². The molecular weight excluding hydrogens is 482 g/mol. The average Bonchev–Trinajstić information content (AvgIpc) is 2.85. The van der Waals surface area contributed by atoms with Crippen LogP contribution in [0.4, 0.5) is 23.0 Å². The number of fused-ring (bicyclic) bond motifs is 1. The summed E-state index contributed by atoms with van der Waals surface area (Å²) >= 11 is 9.13. The lowest BCUT2D eigenvalue weighted by molar-refractivity contribution is 1.28. The summed E-state index contributed by atoms with van der Waals surface area (Å²) in [4.78, 5) is 12.8. The molecule has 0 unspecified atom stereocenters. The topological polar surface area (TPSA) is 75.9 Å². The summed E-state index contributed by atoms with van der Waals surface area (Å²) in [5, 5.41) is 4.11. The summed E-state index contributed by atoms with van der Waals surface area (Å²) < 4.78 is 3.33. The zero-order valence-corrected chi connectivity index (χ0v) is 20.3. The van der Waals surface area contributed by atoms with E-state index < -0.39 is 0 Å². The smallest absolute Gasteiger partial charge is 0.180 e. The van der Waals surface area contributed by atoms with Crippen molar-refractivity contribution in [1.82, 2.24) is 9.97 Å². The second-order valence-electron chi connectivity index (χ2n) is 7.39. The molecule has 4 aromatic carbocycles. The van der Waals surface area contributed by atoms with Crippen LogP contribution in [0.1, 0.15) is 0 Å². The molecule has 0 aliphatic rings. The Morgan fingerprint density at radius 1 is 0.676 bits per heavy atom. The first kappa shape index (κ1) is 22.4. The fraction of sp³-hybridized carbons (Fsp3) is 0. The molecule has 8 heteroatoms. The number of anilines is 4. The van der Waals surface area contributed by atoms with Crippen molar-refractivity contribution in [2.45, 2.75) is 14.7 Å². The average molecular weight is 502 g/mol. The van der Waals surface area contributed by atoms with Crippen molar-refractivity contribution in [3.8, 4) is 0 Å². The molecule has 0 aliphatic carbocycles. The van der Waals surface area contributed by atoms with Crippen LogP contribution in [0.2, 0.25) is 5.02 Å². The normalized spacial score (nSPS) is 10.9. The summed E-state index contributed by atoms with van der Waals surface area (Å²) in [6, 6.07) is 31.5. The molecule has 5 rings (SSSR count). The number of hydrogen-bond acceptors (Lipinski definition) is 7. The Labute approximate surface area is 211 Å². The van der Waals surface area contributed by atoms with Crippen molar-refractivity contribution < 1.29 is 0 Å². The second kappa shape index (κ2) is 10.3. The van der Waals surface area contributed by atoms with Gasteiger partial charge in [0.05, 0.1) is 11.0 Å². The van der Waals surface area contributed by atoms with E-state index in [0.29, 0.717) is 16.7 Å². The van der Waals surface area contributed by atoms with Crippen LogP contribution in [0.5, 0.6) is 0 Å². The summed E-state index contributed by atoms with van der Waals surface area (Å²) in [6.07, 6.45) is 0. The Kier molecular flexibility index (Phi) is 6.76. The van der Waals surface area contributed by atoms with E-state index in [9.17, 15) is 0 Å². The molecule has 0 radical (unpaired) electrons. The van der Waals surface area contributed by atoms with Crippen LogP contribution in [-0.2, 0) is 0 Å². The first-order chi connectivity index (χ1) is 16.6. The number of rotatable bonds is 7. The van der Waals surface area contributed by atoms with Gasteiger partial charge in [0.2, 0.25) is 0 Å². The highest BCUT2D eigenvalue weighted by molar-refractivity contribution is 8.00. The van der Waals surface area contributed by atoms with Gasteiger partial charge in [-0.25, -0.2) is 9.97 Å². The number of nitrogen functional groups attached to an aromatic ring is 1. The molecular formula is C26H20ClN5S2. The largest absolute Gasteiger partial charge is 0.399 e. The molecule has 0 fully saturated rings. The standard InChI is InChI=1S/C26H20ClN5S2/c27-17-8-12-21(13-9-17)34-32-26-25(30-23-6-1-2-7-24(23)31-26)29-19-10-14-20(15-11-19)33-22-5-3-4-18(28)16-22/h1-16H,28H2,(H,29,30)(H,31,32). The van der Waals surface area contributed by atoms with Crippen molar-refractivity contribution in [3.05, 3.63) is 102 Å². The van der Waals surface area contributed by atoms with Gasteiger partial charge in [-0.3, -0.25) is 0 Å². The van der Waals surface area contributed by atoms with Gasteiger partial charge in [0.25, 0.3) is 0 Å². The van der Waals surface area contributed by atoms with Crippen LogP contribution in [0.15, 0.2) is 112 Å². The van der Waals surface area contributed by atoms with E-state index in [0.717, 1.165) is 37.1 Å². The first-order valence-corrected chi connectivity index (χ1v) is 12.5. The van der Waals surface area contributed by atoms with Gasteiger partial charge in [0.1, 0.15) is 0 Å². The molecule has 0 saturated heterocycles. The molecule has 5 nitrogen and oxygen atoms in total. The van der Waals surface area contributed by atoms with Crippen LogP contribution in [0.25, 0.3) is 11.0 Å². The fourth-order valence-corrected chi connectivity index (χ4v) is 4.87. The summed E-state index contributed by atoms with van der Waals surface area (Å²) in [7, 11) is 0. The van der Waals surface area contributed by atoms with Gasteiger partial charge in [0.15, 0.2) is 11.6 Å². The molecule has 0 bridgehead atoms. The zero-order chi connectivity index (χ0) is 23.3. The van der Waals surface area contributed by atoms with E-state index in [2.05, 4.69) is 22.2 Å². The molecule has 0 atom stereocenters. The highest BCUT2D eigenvalue weighted by Gasteiger charge is 2.10. The second-order valence-corrected chi connectivity index (χ2v) is 9.85. The maximum Gasteiger partial charge on any atom is 0.180 e. The number of nitrogens with two attached hydrogens (primary N) is 1. The number of hydrogen-bond donors (Lipinski definition) is 3. The van der Waals surface area contributed by atoms with Crippen LogP contribution < -0.4 is 15.8 Å². The van der Waals surface area contributed by atoms with E-state index in [4.69, 9.17) is 27.3 Å². The van der Waals surface area contributed by atoms with Crippen LogP contribution in [-0.4, -0.2) is 9.97 Å². The van der Waals surface area contributed by atoms with Crippen molar-refractivity contribution >= 4 is 69.4 Å². The zero-order valence-electron chi connectivity index (χ0n) is 17.9. The van der Waals surface area contributed by atoms with E-state index >= 15 is 0 Å². The van der Waals surface area contributed by atoms with Gasteiger partial charge in [0, 0.05) is 31.1 Å². The minimum Gasteiger partial charge on any atom is -0.399 e. The molecule has 1 aromatic heterocycles. The maximum absolute atomic E-state index is 6.00. The molecule has 0 amide bonds. The van der Waals surface area contributed by atoms with Crippen LogP contribution >= 0.6 is 35.3 Å². The van der Waals surface area contributed by atoms with Gasteiger partial charge >= 0.3 is 0 Å². The third-order valence-corrected chi connectivity index (χ3v) is 6.91. The Morgan fingerprint density at radius 3 is 2.06 bits per heavy atom. The Hall–Kier alpha value is -3.39. The van der Waals surface area contributed by atoms with Gasteiger partial charge in [-0.05, 0) is 90.8 Å². The SMILES string of the molecule is Nc1cccc(Sc2ccc(Nc3nc4ccccc4nc3NSc3ccc(Cl)cc3)cc2)c1.